The first-order valence-corrected chi connectivity index (χ1v) is 7.47. The van der Waals surface area contributed by atoms with Gasteiger partial charge in [-0.05, 0) is 18.6 Å². The first kappa shape index (κ1) is 11.7. The van der Waals surface area contributed by atoms with Crippen molar-refractivity contribution in [3.8, 4) is 0 Å². The van der Waals surface area contributed by atoms with Crippen molar-refractivity contribution in [2.45, 2.75) is 39.5 Å². The van der Waals surface area contributed by atoms with Crippen LogP contribution in [-0.4, -0.2) is 16.8 Å². The van der Waals surface area contributed by atoms with Gasteiger partial charge in [0.05, 0.1) is 7.35 Å². The van der Waals surface area contributed by atoms with Crippen LogP contribution in [0.2, 0.25) is 0 Å². The van der Waals surface area contributed by atoms with E-state index in [1.54, 1.807) is 11.4 Å². The van der Waals surface area contributed by atoms with Crippen molar-refractivity contribution >= 4 is 18.7 Å². The van der Waals surface area contributed by atoms with Crippen LogP contribution in [0.1, 0.15) is 39.5 Å². The molecule has 0 aliphatic rings. The van der Waals surface area contributed by atoms with Crippen LogP contribution in [0.15, 0.2) is 0 Å². The Balaban J connectivity index is 3.02. The molecule has 0 amide bonds. The summed E-state index contributed by atoms with van der Waals surface area (Å²) in [5, 5.41) is 0. The van der Waals surface area contributed by atoms with Gasteiger partial charge in [0.1, 0.15) is 0 Å². The molecular formula is C8H19OPS. The molecule has 0 heterocycles. The Kier molecular flexibility index (Phi) is 9.43. The van der Waals surface area contributed by atoms with Crippen molar-refractivity contribution in [1.29, 1.82) is 0 Å². The molecule has 0 aliphatic heterocycles. The van der Waals surface area contributed by atoms with Crippen molar-refractivity contribution in [2.24, 2.45) is 0 Å². The first-order chi connectivity index (χ1) is 5.31. The van der Waals surface area contributed by atoms with Crippen LogP contribution in [0.4, 0.5) is 0 Å². The maximum absolute atomic E-state index is 9.43. The summed E-state index contributed by atoms with van der Waals surface area (Å²) in [6.07, 6.45) is 5.90. The molecule has 0 aromatic heterocycles. The van der Waals surface area contributed by atoms with E-state index in [0.717, 1.165) is 11.9 Å². The molecule has 0 rings (SSSR count). The predicted molar refractivity (Wildman–Crippen MR) is 56.3 cm³/mol. The maximum atomic E-state index is 9.43. The van der Waals surface area contributed by atoms with Crippen LogP contribution in [0.5, 0.6) is 0 Å². The molecule has 0 aromatic rings. The second kappa shape index (κ2) is 8.83. The molecule has 1 nitrogen and oxygen atoms in total. The summed E-state index contributed by atoms with van der Waals surface area (Å²) >= 11 is 1.76. The minimum Gasteiger partial charge on any atom is -0.363 e. The van der Waals surface area contributed by atoms with Gasteiger partial charge in [0, 0.05) is 6.16 Å². The van der Waals surface area contributed by atoms with E-state index in [4.69, 9.17) is 0 Å². The molecule has 68 valence electrons. The minimum absolute atomic E-state index is 0.681. The Morgan fingerprint density at radius 1 is 1.18 bits per heavy atom. The first-order valence-electron chi connectivity index (χ1n) is 4.40. The van der Waals surface area contributed by atoms with E-state index in [9.17, 15) is 4.89 Å². The molecule has 0 fully saturated rings. The summed E-state index contributed by atoms with van der Waals surface area (Å²) in [6, 6.07) is 0. The highest BCUT2D eigenvalue weighted by molar-refractivity contribution is 8.54. The molecule has 1 N–H and O–H groups in total. The largest absolute Gasteiger partial charge is 0.363 e. The smallest absolute Gasteiger partial charge is 0.0847 e. The van der Waals surface area contributed by atoms with E-state index in [-0.39, 0.29) is 0 Å². The van der Waals surface area contributed by atoms with Gasteiger partial charge in [0.25, 0.3) is 0 Å². The normalized spacial score (nSPS) is 13.4. The van der Waals surface area contributed by atoms with Gasteiger partial charge in [-0.15, -0.1) is 11.4 Å². The molecular weight excluding hydrogens is 175 g/mol. The van der Waals surface area contributed by atoms with Crippen molar-refractivity contribution in [3.63, 3.8) is 0 Å². The highest BCUT2D eigenvalue weighted by atomic mass is 32.7. The third-order valence-corrected chi connectivity index (χ3v) is 4.90. The molecule has 0 aromatic carbocycles. The quantitative estimate of drug-likeness (QED) is 0.493. The highest BCUT2D eigenvalue weighted by Gasteiger charge is 2.02. The Morgan fingerprint density at radius 2 is 1.82 bits per heavy atom. The Morgan fingerprint density at radius 3 is 2.36 bits per heavy atom. The van der Waals surface area contributed by atoms with Gasteiger partial charge in [-0.3, -0.25) is 0 Å². The van der Waals surface area contributed by atoms with Gasteiger partial charge in [-0.1, -0.05) is 26.7 Å². The SMILES string of the molecule is CCCCSP(O)CCCC. The molecule has 0 radical (unpaired) electrons. The lowest BCUT2D eigenvalue weighted by Gasteiger charge is -2.07. The molecule has 0 spiro atoms. The minimum atomic E-state index is -0.681. The van der Waals surface area contributed by atoms with E-state index in [1.807, 2.05) is 0 Å². The van der Waals surface area contributed by atoms with E-state index < -0.39 is 7.35 Å². The van der Waals surface area contributed by atoms with Gasteiger partial charge in [-0.25, -0.2) is 0 Å². The molecule has 3 heteroatoms. The van der Waals surface area contributed by atoms with Crippen molar-refractivity contribution in [2.75, 3.05) is 11.9 Å². The zero-order valence-corrected chi connectivity index (χ0v) is 9.26. The number of rotatable bonds is 7. The number of unbranched alkanes of at least 4 members (excludes halogenated alkanes) is 2. The molecule has 11 heavy (non-hydrogen) atoms. The Labute approximate surface area is 75.5 Å². The van der Waals surface area contributed by atoms with Gasteiger partial charge in [0.2, 0.25) is 0 Å². The van der Waals surface area contributed by atoms with Crippen LogP contribution < -0.4 is 0 Å². The van der Waals surface area contributed by atoms with Crippen LogP contribution >= 0.6 is 18.7 Å². The van der Waals surface area contributed by atoms with Crippen molar-refractivity contribution in [1.82, 2.24) is 0 Å². The Hall–Kier alpha value is 0.740. The van der Waals surface area contributed by atoms with E-state index in [1.165, 1.54) is 25.7 Å². The lowest BCUT2D eigenvalue weighted by atomic mass is 10.4. The van der Waals surface area contributed by atoms with Crippen molar-refractivity contribution in [3.05, 3.63) is 0 Å². The summed E-state index contributed by atoms with van der Waals surface area (Å²) in [4.78, 5) is 9.43. The Bertz CT molecular complexity index is 80.5. The second-order valence-electron chi connectivity index (χ2n) is 2.62. The van der Waals surface area contributed by atoms with E-state index >= 15 is 0 Å². The molecule has 1 unspecified atom stereocenters. The molecule has 0 aliphatic carbocycles. The average molecular weight is 194 g/mol. The molecule has 0 saturated carbocycles. The summed E-state index contributed by atoms with van der Waals surface area (Å²) in [7, 11) is -0.681. The summed E-state index contributed by atoms with van der Waals surface area (Å²) < 4.78 is 0. The van der Waals surface area contributed by atoms with Crippen LogP contribution in [0, 0.1) is 0 Å². The van der Waals surface area contributed by atoms with Gasteiger partial charge in [0.15, 0.2) is 0 Å². The monoisotopic (exact) mass is 194 g/mol. The van der Waals surface area contributed by atoms with Gasteiger partial charge >= 0.3 is 0 Å². The fourth-order valence-corrected chi connectivity index (χ4v) is 3.81. The fourth-order valence-electron chi connectivity index (χ4n) is 0.672. The third-order valence-electron chi connectivity index (χ3n) is 1.44. The number of hydrogen-bond acceptors (Lipinski definition) is 2. The van der Waals surface area contributed by atoms with E-state index in [2.05, 4.69) is 13.8 Å². The standard InChI is InChI=1S/C8H19OPS/c1-3-5-7-10(9)11-8-6-4-2/h9H,3-8H2,1-2H3. The number of hydrogen-bond donors (Lipinski definition) is 1. The molecule has 0 bridgehead atoms. The summed E-state index contributed by atoms with van der Waals surface area (Å²) in [5.41, 5.74) is 0. The average Bonchev–Trinajstić information content (AvgIpc) is 2.01. The van der Waals surface area contributed by atoms with Crippen LogP contribution in [-0.2, 0) is 0 Å². The lowest BCUT2D eigenvalue weighted by molar-refractivity contribution is 0.635. The highest BCUT2D eigenvalue weighted by Crippen LogP contribution is 2.46. The molecule has 1 atom stereocenters. The van der Waals surface area contributed by atoms with E-state index in [0.29, 0.717) is 0 Å². The fraction of sp³-hybridized carbons (Fsp3) is 1.00. The van der Waals surface area contributed by atoms with Crippen LogP contribution in [0.25, 0.3) is 0 Å². The zero-order chi connectivity index (χ0) is 8.53. The predicted octanol–water partition coefficient (Wildman–Crippen LogP) is 3.62. The van der Waals surface area contributed by atoms with Gasteiger partial charge in [-0.2, -0.15) is 0 Å². The molecule has 0 saturated heterocycles. The lowest BCUT2D eigenvalue weighted by Crippen LogP contribution is -1.81. The van der Waals surface area contributed by atoms with Crippen LogP contribution in [0.3, 0.4) is 0 Å². The third kappa shape index (κ3) is 8.65. The maximum Gasteiger partial charge on any atom is 0.0847 e. The van der Waals surface area contributed by atoms with Gasteiger partial charge < -0.3 is 4.89 Å². The topological polar surface area (TPSA) is 20.2 Å². The second-order valence-corrected chi connectivity index (χ2v) is 6.47. The van der Waals surface area contributed by atoms with Crippen molar-refractivity contribution < 1.29 is 4.89 Å². The zero-order valence-electron chi connectivity index (χ0n) is 7.55. The summed E-state index contributed by atoms with van der Waals surface area (Å²) in [5.74, 6) is 1.14. The summed E-state index contributed by atoms with van der Waals surface area (Å²) in [6.45, 7) is 4.35.